The van der Waals surface area contributed by atoms with E-state index in [1.807, 2.05) is 24.3 Å². The first kappa shape index (κ1) is 28.8. The number of hydrogen-bond acceptors (Lipinski definition) is 7. The van der Waals surface area contributed by atoms with Gasteiger partial charge in [0.15, 0.2) is 0 Å². The molecule has 2 atom stereocenters. The molecule has 2 amide bonds. The van der Waals surface area contributed by atoms with Gasteiger partial charge in [0.25, 0.3) is 5.91 Å². The van der Waals surface area contributed by atoms with Crippen molar-refractivity contribution >= 4 is 34.5 Å². The number of rotatable bonds is 9. The minimum absolute atomic E-state index is 0.0158. The maximum absolute atomic E-state index is 14.6. The minimum Gasteiger partial charge on any atom is -0.497 e. The zero-order valence-corrected chi connectivity index (χ0v) is 24.0. The molecule has 1 aliphatic carbocycles. The Morgan fingerprint density at radius 1 is 0.952 bits per heavy atom. The number of fused-ring (bicyclic) bond motifs is 1. The van der Waals surface area contributed by atoms with E-state index in [4.69, 9.17) is 9.47 Å². The van der Waals surface area contributed by atoms with Crippen LogP contribution in [0.25, 0.3) is 11.0 Å². The number of nitrogens with one attached hydrogen (secondary N) is 1. The van der Waals surface area contributed by atoms with Crippen LogP contribution in [-0.4, -0.2) is 53.0 Å². The van der Waals surface area contributed by atoms with Gasteiger partial charge in [0.2, 0.25) is 5.91 Å². The molecule has 10 nitrogen and oxygen atoms in total. The number of nitrogens with zero attached hydrogens (tertiary/aromatic N) is 4. The summed E-state index contributed by atoms with van der Waals surface area (Å²) in [6, 6.07) is 19.2. The molecule has 218 valence electrons. The number of anilines is 1. The Hall–Kier alpha value is -4.73. The van der Waals surface area contributed by atoms with Crippen LogP contribution in [0.1, 0.15) is 67.0 Å². The predicted octanol–water partition coefficient (Wildman–Crippen LogP) is 5.01. The molecule has 1 N–H and O–H groups in total. The molecule has 1 saturated carbocycles. The number of para-hydroxylation sites is 1. The Morgan fingerprint density at radius 2 is 1.69 bits per heavy atom. The average Bonchev–Trinajstić information content (AvgIpc) is 3.47. The fourth-order valence-corrected chi connectivity index (χ4v) is 5.51. The smallest absolute Gasteiger partial charge is 0.337 e. The van der Waals surface area contributed by atoms with Gasteiger partial charge in [-0.05, 0) is 67.8 Å². The van der Waals surface area contributed by atoms with Crippen molar-refractivity contribution in [1.29, 1.82) is 0 Å². The fraction of sp³-hybridized carbons (Fsp3) is 0.344. The monoisotopic (exact) mass is 569 g/mol. The van der Waals surface area contributed by atoms with Gasteiger partial charge in [0.1, 0.15) is 23.3 Å². The molecular weight excluding hydrogens is 534 g/mol. The number of hydrogen-bond donors (Lipinski definition) is 1. The van der Waals surface area contributed by atoms with E-state index in [1.54, 1.807) is 67.2 Å². The lowest BCUT2D eigenvalue weighted by Crippen LogP contribution is -2.49. The van der Waals surface area contributed by atoms with Gasteiger partial charge in [-0.1, -0.05) is 54.8 Å². The molecule has 0 bridgehead atoms. The van der Waals surface area contributed by atoms with Crippen molar-refractivity contribution in [2.75, 3.05) is 19.1 Å². The molecule has 0 saturated heterocycles. The van der Waals surface area contributed by atoms with E-state index >= 15 is 0 Å². The van der Waals surface area contributed by atoms with Crippen molar-refractivity contribution in [2.24, 2.45) is 0 Å². The summed E-state index contributed by atoms with van der Waals surface area (Å²) in [6.45, 7) is 1.73. The van der Waals surface area contributed by atoms with Gasteiger partial charge in [-0.25, -0.2) is 9.48 Å². The lowest BCUT2D eigenvalue weighted by atomic mass is 9.94. The molecule has 1 heterocycles. The molecule has 0 radical (unpaired) electrons. The molecule has 1 aliphatic rings. The Morgan fingerprint density at radius 3 is 2.40 bits per heavy atom. The van der Waals surface area contributed by atoms with Gasteiger partial charge in [-0.3, -0.25) is 14.5 Å². The quantitative estimate of drug-likeness (QED) is 0.282. The normalized spacial score (nSPS) is 15.0. The predicted molar refractivity (Wildman–Crippen MR) is 158 cm³/mol. The summed E-state index contributed by atoms with van der Waals surface area (Å²) < 4.78 is 11.9. The number of carbonyl (C=O) groups is 3. The van der Waals surface area contributed by atoms with Crippen LogP contribution < -0.4 is 15.0 Å². The molecule has 5 rings (SSSR count). The number of aromatic nitrogens is 3. The van der Waals surface area contributed by atoms with E-state index in [-0.39, 0.29) is 17.5 Å². The lowest BCUT2D eigenvalue weighted by Gasteiger charge is -2.35. The van der Waals surface area contributed by atoms with Crippen LogP contribution in [-0.2, 0) is 14.3 Å². The summed E-state index contributed by atoms with van der Waals surface area (Å²) in [4.78, 5) is 42.7. The number of esters is 1. The molecule has 3 aromatic carbocycles. The second-order valence-corrected chi connectivity index (χ2v) is 10.5. The van der Waals surface area contributed by atoms with Crippen LogP contribution in [0, 0.1) is 0 Å². The van der Waals surface area contributed by atoms with Crippen molar-refractivity contribution in [1.82, 2.24) is 20.3 Å². The highest BCUT2D eigenvalue weighted by atomic mass is 16.5. The Bertz CT molecular complexity index is 1560. The summed E-state index contributed by atoms with van der Waals surface area (Å²) in [5.74, 6) is -0.628. The van der Waals surface area contributed by atoms with E-state index in [1.165, 1.54) is 12.0 Å². The van der Waals surface area contributed by atoms with Gasteiger partial charge in [0.05, 0.1) is 25.3 Å². The highest BCUT2D eigenvalue weighted by Crippen LogP contribution is 2.33. The summed E-state index contributed by atoms with van der Waals surface area (Å²) >= 11 is 0. The van der Waals surface area contributed by atoms with Crippen LogP contribution in [0.15, 0.2) is 72.8 Å². The molecule has 4 aromatic rings. The number of benzene rings is 3. The number of ether oxygens (including phenoxy) is 2. The molecule has 0 unspecified atom stereocenters. The summed E-state index contributed by atoms with van der Waals surface area (Å²) in [7, 11) is 2.87. The number of carbonyl (C=O) groups excluding carboxylic acids is 3. The number of amides is 2. The van der Waals surface area contributed by atoms with Crippen LogP contribution >= 0.6 is 0 Å². The van der Waals surface area contributed by atoms with Crippen molar-refractivity contribution in [2.45, 2.75) is 57.2 Å². The van der Waals surface area contributed by atoms with E-state index in [0.717, 1.165) is 32.1 Å². The van der Waals surface area contributed by atoms with Crippen molar-refractivity contribution in [3.63, 3.8) is 0 Å². The molecule has 0 spiro atoms. The minimum atomic E-state index is -1.05. The molecule has 0 aliphatic heterocycles. The topological polar surface area (TPSA) is 116 Å². The standard InChI is InChI=1S/C32H35N5O5/c1-21(37-28-15-8-7-14-27(28)34-35-37)31(39)36(25-13-9-10-23(20-25)32(40)42-3)29(22-16-18-26(41-2)19-17-22)30(38)33-24-11-5-4-6-12-24/h7-10,13-21,24,29H,4-6,11-12H2,1-3H3,(H,33,38)/t21-,29-/m0/s1. The maximum atomic E-state index is 14.6. The van der Waals surface area contributed by atoms with Gasteiger partial charge in [0, 0.05) is 11.7 Å². The average molecular weight is 570 g/mol. The SMILES string of the molecule is COC(=O)c1cccc(N(C(=O)[C@H](C)n2nnc3ccccc32)[C@H](C(=O)NC2CCCCC2)c2ccc(OC)cc2)c1. The summed E-state index contributed by atoms with van der Waals surface area (Å²) in [5.41, 5.74) is 2.57. The molecule has 1 fully saturated rings. The van der Waals surface area contributed by atoms with E-state index < -0.39 is 24.0 Å². The van der Waals surface area contributed by atoms with Crippen molar-refractivity contribution in [3.8, 4) is 5.75 Å². The Labute approximate surface area is 244 Å². The zero-order chi connectivity index (χ0) is 29.6. The third kappa shape index (κ3) is 5.97. The highest BCUT2D eigenvalue weighted by molar-refractivity contribution is 6.04. The third-order valence-corrected chi connectivity index (χ3v) is 7.77. The second kappa shape index (κ2) is 12.8. The zero-order valence-electron chi connectivity index (χ0n) is 24.0. The molecule has 10 heteroatoms. The summed E-state index contributed by atoms with van der Waals surface area (Å²) in [6.07, 6.45) is 4.99. The van der Waals surface area contributed by atoms with Crippen LogP contribution in [0.5, 0.6) is 5.75 Å². The first-order chi connectivity index (χ1) is 20.4. The fourth-order valence-electron chi connectivity index (χ4n) is 5.51. The summed E-state index contributed by atoms with van der Waals surface area (Å²) in [5, 5.41) is 11.7. The second-order valence-electron chi connectivity index (χ2n) is 10.5. The van der Waals surface area contributed by atoms with Crippen LogP contribution in [0.4, 0.5) is 5.69 Å². The van der Waals surface area contributed by atoms with Gasteiger partial charge >= 0.3 is 5.97 Å². The van der Waals surface area contributed by atoms with Crippen molar-refractivity contribution < 1.29 is 23.9 Å². The van der Waals surface area contributed by atoms with Crippen LogP contribution in [0.3, 0.4) is 0 Å². The maximum Gasteiger partial charge on any atom is 0.337 e. The van der Waals surface area contributed by atoms with E-state index in [2.05, 4.69) is 15.6 Å². The lowest BCUT2D eigenvalue weighted by molar-refractivity contribution is -0.128. The molecule has 42 heavy (non-hydrogen) atoms. The van der Waals surface area contributed by atoms with Gasteiger partial charge in [-0.15, -0.1) is 5.10 Å². The van der Waals surface area contributed by atoms with Crippen molar-refractivity contribution in [3.05, 3.63) is 83.9 Å². The molecule has 1 aromatic heterocycles. The first-order valence-corrected chi connectivity index (χ1v) is 14.2. The first-order valence-electron chi connectivity index (χ1n) is 14.2. The highest BCUT2D eigenvalue weighted by Gasteiger charge is 2.37. The van der Waals surface area contributed by atoms with E-state index in [0.29, 0.717) is 28.0 Å². The molecular formula is C32H35N5O5. The number of methoxy groups -OCH3 is 2. The Balaban J connectivity index is 1.63. The van der Waals surface area contributed by atoms with Crippen LogP contribution in [0.2, 0.25) is 0 Å². The van der Waals surface area contributed by atoms with Gasteiger partial charge < -0.3 is 14.8 Å². The largest absolute Gasteiger partial charge is 0.497 e. The van der Waals surface area contributed by atoms with Gasteiger partial charge in [-0.2, -0.15) is 0 Å². The Kier molecular flexibility index (Phi) is 8.80. The van der Waals surface area contributed by atoms with E-state index in [9.17, 15) is 14.4 Å². The third-order valence-electron chi connectivity index (χ3n) is 7.77.